The summed E-state index contributed by atoms with van der Waals surface area (Å²) < 4.78 is 68.7. The highest BCUT2D eigenvalue weighted by atomic mass is 31.2. The monoisotopic (exact) mass is 1450 g/mol. The lowest BCUT2D eigenvalue weighted by Gasteiger charge is -2.21. The van der Waals surface area contributed by atoms with Gasteiger partial charge in [0.25, 0.3) is 0 Å². The van der Waals surface area contributed by atoms with Gasteiger partial charge in [0.15, 0.2) is 12.2 Å². The van der Waals surface area contributed by atoms with Crippen LogP contribution in [0.5, 0.6) is 0 Å². The molecule has 0 saturated carbocycles. The topological polar surface area (TPSA) is 237 Å². The van der Waals surface area contributed by atoms with Gasteiger partial charge in [-0.15, -0.1) is 0 Å². The smallest absolute Gasteiger partial charge is 0.462 e. The predicted molar refractivity (Wildman–Crippen MR) is 405 cm³/mol. The van der Waals surface area contributed by atoms with E-state index in [-0.39, 0.29) is 25.7 Å². The van der Waals surface area contributed by atoms with E-state index in [9.17, 15) is 43.2 Å². The van der Waals surface area contributed by atoms with E-state index in [1.165, 1.54) is 218 Å². The van der Waals surface area contributed by atoms with Crippen LogP contribution in [0, 0.1) is 17.8 Å². The molecule has 0 spiro atoms. The molecule has 0 saturated heterocycles. The molecule has 0 aliphatic rings. The molecule has 17 nitrogen and oxygen atoms in total. The summed E-state index contributed by atoms with van der Waals surface area (Å²) >= 11 is 0. The molecule has 6 atom stereocenters. The molecule has 0 heterocycles. The molecule has 588 valence electrons. The summed E-state index contributed by atoms with van der Waals surface area (Å²) in [7, 11) is -9.92. The lowest BCUT2D eigenvalue weighted by Crippen LogP contribution is -2.30. The fourth-order valence-corrected chi connectivity index (χ4v) is 13.9. The molecule has 3 N–H and O–H groups in total. The Morgan fingerprint density at radius 2 is 0.515 bits per heavy atom. The lowest BCUT2D eigenvalue weighted by atomic mass is 10.00. The van der Waals surface area contributed by atoms with Crippen LogP contribution in [0.3, 0.4) is 0 Å². The van der Waals surface area contributed by atoms with Crippen LogP contribution >= 0.6 is 15.6 Å². The zero-order valence-electron chi connectivity index (χ0n) is 65.0. The molecular weight excluding hydrogens is 1290 g/mol. The zero-order valence-corrected chi connectivity index (χ0v) is 66.8. The number of aliphatic hydroxyl groups is 1. The molecule has 99 heavy (non-hydrogen) atoms. The fourth-order valence-electron chi connectivity index (χ4n) is 12.3. The van der Waals surface area contributed by atoms with Gasteiger partial charge in [-0.05, 0) is 43.4 Å². The van der Waals surface area contributed by atoms with Crippen LogP contribution in [0.1, 0.15) is 414 Å². The average Bonchev–Trinajstić information content (AvgIpc) is 1.26. The summed E-state index contributed by atoms with van der Waals surface area (Å²) in [6, 6.07) is 0. The Kier molecular flexibility index (Phi) is 69.0. The van der Waals surface area contributed by atoms with Crippen LogP contribution in [-0.4, -0.2) is 96.7 Å². The number of unbranched alkanes of at least 4 members (excludes halogenated alkanes) is 45. The zero-order chi connectivity index (χ0) is 73.0. The minimum absolute atomic E-state index is 0.107. The van der Waals surface area contributed by atoms with Crippen molar-refractivity contribution in [2.24, 2.45) is 17.8 Å². The first-order valence-electron chi connectivity index (χ1n) is 41.4. The number of rotatable bonds is 78. The lowest BCUT2D eigenvalue weighted by molar-refractivity contribution is -0.161. The highest BCUT2D eigenvalue weighted by Gasteiger charge is 2.30. The molecule has 0 rings (SSSR count). The van der Waals surface area contributed by atoms with Gasteiger partial charge in [-0.25, -0.2) is 9.13 Å². The van der Waals surface area contributed by atoms with Crippen LogP contribution in [0.25, 0.3) is 0 Å². The van der Waals surface area contributed by atoms with Gasteiger partial charge in [-0.2, -0.15) is 0 Å². The van der Waals surface area contributed by atoms with E-state index in [1.807, 2.05) is 0 Å². The minimum atomic E-state index is -4.96. The van der Waals surface area contributed by atoms with Crippen molar-refractivity contribution in [3.8, 4) is 0 Å². The fraction of sp³-hybridized carbons (Fsp3) is 0.950. The van der Waals surface area contributed by atoms with Crippen LogP contribution in [0.2, 0.25) is 0 Å². The van der Waals surface area contributed by atoms with Crippen molar-refractivity contribution >= 4 is 39.5 Å². The molecule has 0 bridgehead atoms. The number of hydrogen-bond acceptors (Lipinski definition) is 15. The Balaban J connectivity index is 5.24. The van der Waals surface area contributed by atoms with E-state index in [0.717, 1.165) is 114 Å². The average molecular weight is 1450 g/mol. The number of carbonyl (C=O) groups excluding carboxylic acids is 4. The number of phosphoric ester groups is 2. The van der Waals surface area contributed by atoms with Gasteiger partial charge in [0.2, 0.25) is 0 Å². The second-order valence-electron chi connectivity index (χ2n) is 30.0. The summed E-state index contributed by atoms with van der Waals surface area (Å²) in [5, 5.41) is 10.6. The third-order valence-corrected chi connectivity index (χ3v) is 20.9. The first-order valence-corrected chi connectivity index (χ1v) is 44.4. The first kappa shape index (κ1) is 97.1. The Labute approximate surface area is 607 Å². The molecule has 0 aromatic carbocycles. The first-order chi connectivity index (χ1) is 47.8. The summed E-state index contributed by atoms with van der Waals surface area (Å²) in [5.74, 6) is 0.227. The van der Waals surface area contributed by atoms with Gasteiger partial charge in [-0.1, -0.05) is 363 Å². The van der Waals surface area contributed by atoms with Crippen LogP contribution in [-0.2, 0) is 65.4 Å². The summed E-state index contributed by atoms with van der Waals surface area (Å²) in [4.78, 5) is 73.0. The van der Waals surface area contributed by atoms with Crippen molar-refractivity contribution in [1.82, 2.24) is 0 Å². The van der Waals surface area contributed by atoms with Crippen molar-refractivity contribution < 1.29 is 80.2 Å². The number of hydrogen-bond donors (Lipinski definition) is 3. The van der Waals surface area contributed by atoms with Gasteiger partial charge in [0, 0.05) is 25.7 Å². The van der Waals surface area contributed by atoms with Crippen LogP contribution in [0.4, 0.5) is 0 Å². The van der Waals surface area contributed by atoms with E-state index in [4.69, 9.17) is 37.0 Å². The van der Waals surface area contributed by atoms with Gasteiger partial charge in [0.05, 0.1) is 26.4 Å². The molecule has 0 aliphatic carbocycles. The Bertz CT molecular complexity index is 1920. The molecule has 0 aromatic heterocycles. The van der Waals surface area contributed by atoms with Gasteiger partial charge in [0.1, 0.15) is 19.3 Å². The molecule has 0 aliphatic heterocycles. The third-order valence-electron chi connectivity index (χ3n) is 19.0. The van der Waals surface area contributed by atoms with Gasteiger partial charge < -0.3 is 33.8 Å². The van der Waals surface area contributed by atoms with E-state index in [1.54, 1.807) is 0 Å². The number of ether oxygens (including phenoxy) is 4. The van der Waals surface area contributed by atoms with Crippen LogP contribution < -0.4 is 0 Å². The number of aliphatic hydroxyl groups excluding tert-OH is 1. The van der Waals surface area contributed by atoms with E-state index < -0.39 is 97.5 Å². The van der Waals surface area contributed by atoms with Crippen molar-refractivity contribution in [3.63, 3.8) is 0 Å². The molecular formula is C80H156O17P2. The summed E-state index contributed by atoms with van der Waals surface area (Å²) in [6.45, 7) is 11.9. The Hall–Kier alpha value is -1.94. The normalized spacial score (nSPS) is 14.3. The molecule has 0 fully saturated rings. The highest BCUT2D eigenvalue weighted by molar-refractivity contribution is 7.47. The number of phosphoric acid groups is 2. The summed E-state index contributed by atoms with van der Waals surface area (Å²) in [5.41, 5.74) is 0. The standard InChI is InChI=1S/C80H156O17P2/c1-8-10-11-12-13-14-15-22-30-35-40-49-56-63-80(85)97-76(68-91-78(83)62-55-48-43-42-46-53-60-73(7)9-2)70-95-99(88,89)93-66-74(81)65-92-98(86,87)94-69-75(67-90-77(82)61-54-47-39-34-29-25-21-20-24-28-33-38-45-52-59-72(5)6)96-79(84)64-57-50-41-36-31-26-19-17-16-18-23-27-32-37-44-51-58-71(3)4/h71-76,81H,8-70H2,1-7H3,(H,86,87)(H,88,89)/t73?,74-,75-,76-/m1/s1. The molecule has 0 radical (unpaired) electrons. The Morgan fingerprint density at radius 3 is 0.768 bits per heavy atom. The van der Waals surface area contributed by atoms with Gasteiger partial charge >= 0.3 is 39.5 Å². The maximum Gasteiger partial charge on any atom is 0.472 e. The van der Waals surface area contributed by atoms with Crippen molar-refractivity contribution in [2.45, 2.75) is 433 Å². The molecule has 3 unspecified atom stereocenters. The second-order valence-corrected chi connectivity index (χ2v) is 32.9. The SMILES string of the molecule is CCCCCCCCCCCCCCCC(=O)O[C@H](COC(=O)CCCCCCCCC(C)CC)COP(=O)(O)OC[C@H](O)COP(=O)(O)OC[C@@H](COC(=O)CCCCCCCCCCCCCCCCC(C)C)OC(=O)CCCCCCCCCCCCCCCCCCC(C)C. The van der Waals surface area contributed by atoms with E-state index in [2.05, 4.69) is 48.5 Å². The quantitative estimate of drug-likeness (QED) is 0.0222. The largest absolute Gasteiger partial charge is 0.472 e. The summed E-state index contributed by atoms with van der Waals surface area (Å²) in [6.07, 6.45) is 58.2. The van der Waals surface area contributed by atoms with E-state index in [0.29, 0.717) is 25.7 Å². The second kappa shape index (κ2) is 70.4. The predicted octanol–water partition coefficient (Wildman–Crippen LogP) is 23.7. The van der Waals surface area contributed by atoms with Crippen molar-refractivity contribution in [2.75, 3.05) is 39.6 Å². The highest BCUT2D eigenvalue weighted by Crippen LogP contribution is 2.45. The molecule has 0 amide bonds. The number of carbonyl (C=O) groups is 4. The van der Waals surface area contributed by atoms with E-state index >= 15 is 0 Å². The number of esters is 4. The van der Waals surface area contributed by atoms with Gasteiger partial charge in [-0.3, -0.25) is 37.3 Å². The minimum Gasteiger partial charge on any atom is -0.462 e. The molecule has 19 heteroatoms. The maximum absolute atomic E-state index is 13.1. The van der Waals surface area contributed by atoms with Crippen LogP contribution in [0.15, 0.2) is 0 Å². The third kappa shape index (κ3) is 72.8. The Morgan fingerprint density at radius 1 is 0.293 bits per heavy atom. The molecule has 0 aromatic rings. The maximum atomic E-state index is 13.1. The van der Waals surface area contributed by atoms with Crippen molar-refractivity contribution in [3.05, 3.63) is 0 Å². The van der Waals surface area contributed by atoms with Crippen molar-refractivity contribution in [1.29, 1.82) is 0 Å².